The third kappa shape index (κ3) is 33.2. The number of aryl methyl sites for hydroxylation is 1. The van der Waals surface area contributed by atoms with E-state index in [1.807, 2.05) is 86.6 Å². The molecule has 0 atom stereocenters. The summed E-state index contributed by atoms with van der Waals surface area (Å²) in [5.74, 6) is 19.0. The first-order valence-corrected chi connectivity index (χ1v) is 12.1. The second-order valence-corrected chi connectivity index (χ2v) is 4.91. The Bertz CT molecular complexity index is 1050. The number of carbonyl (C=O) groups excluding carboxylic acids is 1. The Morgan fingerprint density at radius 3 is 1.45 bits per heavy atom. The average molecular weight is 549 g/mol. The summed E-state index contributed by atoms with van der Waals surface area (Å²) in [6, 6.07) is 7.47. The van der Waals surface area contributed by atoms with E-state index in [1.54, 1.807) is 0 Å². The van der Waals surface area contributed by atoms with Gasteiger partial charge in [-0.1, -0.05) is 95.4 Å². The molecule has 40 heavy (non-hydrogen) atoms. The molecule has 0 aliphatic heterocycles. The Morgan fingerprint density at radius 2 is 1.10 bits per heavy atom. The summed E-state index contributed by atoms with van der Waals surface area (Å²) < 4.78 is 5.47. The minimum absolute atomic E-state index is 0. The van der Waals surface area contributed by atoms with Crippen LogP contribution in [0.15, 0.2) is 36.7 Å². The van der Waals surface area contributed by atoms with E-state index < -0.39 is 0 Å². The lowest BCUT2D eigenvalue weighted by atomic mass is 10.2. The molecule has 0 radical (unpaired) electrons. The van der Waals surface area contributed by atoms with Crippen LogP contribution >= 0.6 is 0 Å². The van der Waals surface area contributed by atoms with E-state index in [9.17, 15) is 4.79 Å². The van der Waals surface area contributed by atoms with Crippen LogP contribution < -0.4 is 15.4 Å². The molecule has 220 valence electrons. The number of aromatic nitrogens is 2. The van der Waals surface area contributed by atoms with Gasteiger partial charge in [0.15, 0.2) is 0 Å². The molecule has 2 N–H and O–H groups in total. The van der Waals surface area contributed by atoms with E-state index >= 15 is 0 Å². The highest BCUT2D eigenvalue weighted by Gasteiger charge is 2.02. The number of hydrogen-bond acceptors (Lipinski definition) is 4. The standard InChI is InChI=1S/C13H14N4O2.C10H2.4C2H6.3CH4/c1-9-3-5-11(6-4-9)19-13-15-7-10(8-16-13)17-12(18)14-2;1-3-5-7-9-10-8-6-4-2;4*1-2;;;/h3-8H,1-2H3,(H2,14,17,18);1-2H;4*1-2H3;3*1H4. The maximum Gasteiger partial charge on any atom is 0.322 e. The molecule has 1 aromatic carbocycles. The molecule has 2 rings (SSSR count). The summed E-state index contributed by atoms with van der Waals surface area (Å²) in [4.78, 5) is 19.1. The summed E-state index contributed by atoms with van der Waals surface area (Å²) in [6.07, 6.45) is 12.6. The maximum atomic E-state index is 11.1. The molecule has 1 aromatic heterocycles. The van der Waals surface area contributed by atoms with Crippen LogP contribution in [0.4, 0.5) is 10.5 Å². The lowest BCUT2D eigenvalue weighted by Gasteiger charge is -2.06. The van der Waals surface area contributed by atoms with Crippen LogP contribution in [-0.2, 0) is 0 Å². The van der Waals surface area contributed by atoms with Gasteiger partial charge in [0.05, 0.1) is 18.1 Å². The predicted octanol–water partition coefficient (Wildman–Crippen LogP) is 8.60. The Morgan fingerprint density at radius 1 is 0.725 bits per heavy atom. The monoisotopic (exact) mass is 548 g/mol. The Hall–Kier alpha value is -4.83. The molecule has 0 saturated heterocycles. The number of nitrogens with zero attached hydrogens (tertiary/aromatic N) is 2. The number of benzene rings is 1. The third-order valence-electron chi connectivity index (χ3n) is 2.80. The molecular formula is C34H52N4O2. The van der Waals surface area contributed by atoms with Crippen molar-refractivity contribution in [2.45, 2.75) is 84.6 Å². The second kappa shape index (κ2) is 44.2. The molecule has 0 saturated carbocycles. The van der Waals surface area contributed by atoms with Gasteiger partial charge in [0, 0.05) is 7.05 Å². The van der Waals surface area contributed by atoms with Crippen LogP contribution in [0.25, 0.3) is 0 Å². The van der Waals surface area contributed by atoms with Crippen molar-refractivity contribution >= 4 is 11.7 Å². The van der Waals surface area contributed by atoms with Crippen LogP contribution in [0, 0.1) is 67.1 Å². The Labute approximate surface area is 247 Å². The predicted molar refractivity (Wildman–Crippen MR) is 178 cm³/mol. The van der Waals surface area contributed by atoms with Gasteiger partial charge in [0.1, 0.15) is 5.75 Å². The van der Waals surface area contributed by atoms with Crippen molar-refractivity contribution in [2.75, 3.05) is 12.4 Å². The van der Waals surface area contributed by atoms with Crippen LogP contribution in [0.1, 0.15) is 83.2 Å². The van der Waals surface area contributed by atoms with Crippen LogP contribution in [0.5, 0.6) is 11.8 Å². The quantitative estimate of drug-likeness (QED) is 0.377. The second-order valence-electron chi connectivity index (χ2n) is 4.91. The Kier molecular flexibility index (Phi) is 57.2. The third-order valence-corrected chi connectivity index (χ3v) is 2.80. The molecule has 0 unspecified atom stereocenters. The summed E-state index contributed by atoms with van der Waals surface area (Å²) in [6.45, 7) is 18.0. The SMILES string of the molecule is C.C.C.C#CC#CC#CC#CC#C.CC.CC.CC.CC.CNC(=O)Nc1cnc(Oc2ccc(C)cc2)nc1. The van der Waals surface area contributed by atoms with E-state index in [0.29, 0.717) is 11.4 Å². The normalized spacial score (nSPS) is 6.10. The number of ether oxygens (including phenoxy) is 1. The van der Waals surface area contributed by atoms with Crippen molar-refractivity contribution < 1.29 is 9.53 Å². The van der Waals surface area contributed by atoms with Crippen molar-refractivity contribution in [3.63, 3.8) is 0 Å². The lowest BCUT2D eigenvalue weighted by molar-refractivity contribution is 0.254. The first-order chi connectivity index (χ1) is 18.1. The molecule has 2 aromatic rings. The van der Waals surface area contributed by atoms with Gasteiger partial charge in [0.25, 0.3) is 0 Å². The summed E-state index contributed by atoms with van der Waals surface area (Å²) in [5.41, 5.74) is 1.65. The molecule has 0 aliphatic rings. The Balaban J connectivity index is -0.0000000896. The zero-order valence-corrected chi connectivity index (χ0v) is 23.8. The van der Waals surface area contributed by atoms with E-state index in [-0.39, 0.29) is 34.3 Å². The smallest absolute Gasteiger partial charge is 0.322 e. The van der Waals surface area contributed by atoms with Crippen LogP contribution in [-0.4, -0.2) is 23.0 Å². The molecule has 0 spiro atoms. The number of hydrogen-bond donors (Lipinski definition) is 2. The highest BCUT2D eigenvalue weighted by molar-refractivity contribution is 5.88. The number of nitrogens with one attached hydrogen (secondary N) is 2. The van der Waals surface area contributed by atoms with Gasteiger partial charge in [-0.25, -0.2) is 14.8 Å². The fourth-order valence-corrected chi connectivity index (χ4v) is 1.54. The average Bonchev–Trinajstić information content (AvgIpc) is 2.97. The summed E-state index contributed by atoms with van der Waals surface area (Å²) >= 11 is 0. The minimum atomic E-state index is -0.323. The van der Waals surface area contributed by atoms with Crippen molar-refractivity contribution in [2.24, 2.45) is 0 Å². The van der Waals surface area contributed by atoms with Gasteiger partial charge < -0.3 is 15.4 Å². The molecule has 6 nitrogen and oxygen atoms in total. The fraction of sp³-hybridized carbons (Fsp3) is 0.382. The number of rotatable bonds is 3. The van der Waals surface area contributed by atoms with Crippen molar-refractivity contribution in [3.05, 3.63) is 42.2 Å². The summed E-state index contributed by atoms with van der Waals surface area (Å²) in [7, 11) is 1.53. The number of carbonyl (C=O) groups is 1. The molecule has 0 bridgehead atoms. The van der Waals surface area contributed by atoms with Gasteiger partial charge in [-0.05, 0) is 66.4 Å². The van der Waals surface area contributed by atoms with Gasteiger partial charge in [-0.15, -0.1) is 12.8 Å². The number of urea groups is 1. The van der Waals surface area contributed by atoms with E-state index in [2.05, 4.69) is 68.0 Å². The molecular weight excluding hydrogens is 496 g/mol. The van der Waals surface area contributed by atoms with E-state index in [0.717, 1.165) is 5.56 Å². The molecule has 2 amide bonds. The highest BCUT2D eigenvalue weighted by Crippen LogP contribution is 2.18. The van der Waals surface area contributed by atoms with E-state index in [1.165, 1.54) is 19.4 Å². The lowest BCUT2D eigenvalue weighted by Crippen LogP contribution is -2.24. The van der Waals surface area contributed by atoms with Crippen molar-refractivity contribution in [1.82, 2.24) is 15.3 Å². The van der Waals surface area contributed by atoms with Gasteiger partial charge in [0.2, 0.25) is 0 Å². The number of amides is 2. The fourth-order valence-electron chi connectivity index (χ4n) is 1.54. The van der Waals surface area contributed by atoms with Gasteiger partial charge in [-0.2, -0.15) is 0 Å². The van der Waals surface area contributed by atoms with Crippen molar-refractivity contribution in [1.29, 1.82) is 0 Å². The highest BCUT2D eigenvalue weighted by atomic mass is 16.5. The minimum Gasteiger partial charge on any atom is -0.424 e. The molecule has 6 heteroatoms. The zero-order chi connectivity index (χ0) is 29.3. The van der Waals surface area contributed by atoms with Crippen LogP contribution in [0.2, 0.25) is 0 Å². The topological polar surface area (TPSA) is 76.1 Å². The molecule has 1 heterocycles. The van der Waals surface area contributed by atoms with Gasteiger partial charge in [-0.3, -0.25) is 0 Å². The van der Waals surface area contributed by atoms with E-state index in [4.69, 9.17) is 17.6 Å². The maximum absolute atomic E-state index is 11.1. The van der Waals surface area contributed by atoms with Crippen LogP contribution in [0.3, 0.4) is 0 Å². The number of terminal acetylenes is 2. The first-order valence-electron chi connectivity index (χ1n) is 12.1. The summed E-state index contributed by atoms with van der Waals surface area (Å²) in [5, 5.41) is 5.00. The van der Waals surface area contributed by atoms with Gasteiger partial charge >= 0.3 is 12.0 Å². The van der Waals surface area contributed by atoms with Crippen molar-refractivity contribution in [3.8, 4) is 72.0 Å². The first kappa shape index (κ1) is 51.7. The molecule has 0 aliphatic carbocycles. The number of anilines is 1. The largest absolute Gasteiger partial charge is 0.424 e. The zero-order valence-electron chi connectivity index (χ0n) is 23.8. The molecule has 0 fully saturated rings.